The van der Waals surface area contributed by atoms with Gasteiger partial charge in [-0.15, -0.1) is 0 Å². The number of ether oxygens (including phenoxy) is 1. The molecule has 0 aliphatic carbocycles. The van der Waals surface area contributed by atoms with Gasteiger partial charge in [-0.05, 0) is 19.3 Å². The van der Waals surface area contributed by atoms with Crippen molar-refractivity contribution in [3.63, 3.8) is 0 Å². The van der Waals surface area contributed by atoms with Gasteiger partial charge in [-0.25, -0.2) is 0 Å². The second-order valence-electron chi connectivity index (χ2n) is 4.76. The van der Waals surface area contributed by atoms with E-state index in [1.54, 1.807) is 0 Å². The van der Waals surface area contributed by atoms with Crippen LogP contribution in [0.5, 0.6) is 0 Å². The van der Waals surface area contributed by atoms with E-state index >= 15 is 0 Å². The molecule has 0 amide bonds. The highest BCUT2D eigenvalue weighted by molar-refractivity contribution is 5.06. The third-order valence-corrected chi connectivity index (χ3v) is 3.32. The Kier molecular flexibility index (Phi) is 3.79. The first-order chi connectivity index (χ1) is 8.18. The van der Waals surface area contributed by atoms with Gasteiger partial charge in [0.25, 0.3) is 0 Å². The number of aromatic nitrogens is 2. The highest BCUT2D eigenvalue weighted by atomic mass is 16.5. The summed E-state index contributed by atoms with van der Waals surface area (Å²) >= 11 is 0. The first kappa shape index (κ1) is 12.5. The van der Waals surface area contributed by atoms with Crippen molar-refractivity contribution >= 4 is 0 Å². The smallest absolute Gasteiger partial charge is 0.226 e. The maximum atomic E-state index is 6.40. The topological polar surface area (TPSA) is 74.2 Å². The molecule has 1 fully saturated rings. The van der Waals surface area contributed by atoms with Crippen LogP contribution in [-0.2, 0) is 16.7 Å². The van der Waals surface area contributed by atoms with Crippen molar-refractivity contribution in [3.8, 4) is 0 Å². The maximum absolute atomic E-state index is 6.40. The van der Waals surface area contributed by atoms with E-state index in [-0.39, 0.29) is 6.10 Å². The lowest BCUT2D eigenvalue weighted by Crippen LogP contribution is -2.46. The second kappa shape index (κ2) is 5.14. The Morgan fingerprint density at radius 1 is 1.47 bits per heavy atom. The Morgan fingerprint density at radius 2 is 2.29 bits per heavy atom. The van der Waals surface area contributed by atoms with Gasteiger partial charge in [0.1, 0.15) is 0 Å². The summed E-state index contributed by atoms with van der Waals surface area (Å²) in [7, 11) is 0. The second-order valence-corrected chi connectivity index (χ2v) is 4.76. The average molecular weight is 239 g/mol. The summed E-state index contributed by atoms with van der Waals surface area (Å²) in [5, 5.41) is 4.01. The number of nitrogens with zero attached hydrogens (tertiary/aromatic N) is 2. The molecular formula is C12H21N3O2. The number of hydrogen-bond acceptors (Lipinski definition) is 5. The molecule has 0 saturated carbocycles. The Hall–Kier alpha value is -0.940. The SMILES string of the molecule is CCCC1CC(N)(c2noc(CC)n2)CCO1. The molecule has 5 heteroatoms. The molecule has 1 aromatic heterocycles. The maximum Gasteiger partial charge on any atom is 0.226 e. The zero-order valence-electron chi connectivity index (χ0n) is 10.6. The summed E-state index contributed by atoms with van der Waals surface area (Å²) in [6.07, 6.45) is 4.66. The molecule has 2 atom stereocenters. The normalized spacial score (nSPS) is 29.5. The molecule has 0 spiro atoms. The molecule has 1 aliphatic heterocycles. The van der Waals surface area contributed by atoms with Gasteiger partial charge in [-0.1, -0.05) is 25.4 Å². The van der Waals surface area contributed by atoms with Crippen molar-refractivity contribution in [1.29, 1.82) is 0 Å². The largest absolute Gasteiger partial charge is 0.378 e. The molecule has 0 bridgehead atoms. The van der Waals surface area contributed by atoms with Crippen LogP contribution < -0.4 is 5.73 Å². The fourth-order valence-electron chi connectivity index (χ4n) is 2.29. The first-order valence-electron chi connectivity index (χ1n) is 6.41. The predicted molar refractivity (Wildman–Crippen MR) is 63.4 cm³/mol. The molecule has 0 radical (unpaired) electrons. The van der Waals surface area contributed by atoms with E-state index < -0.39 is 5.54 Å². The fourth-order valence-corrected chi connectivity index (χ4v) is 2.29. The fraction of sp³-hybridized carbons (Fsp3) is 0.833. The summed E-state index contributed by atoms with van der Waals surface area (Å²) < 4.78 is 10.8. The summed E-state index contributed by atoms with van der Waals surface area (Å²) in [5.41, 5.74) is 5.93. The highest BCUT2D eigenvalue weighted by Crippen LogP contribution is 2.32. The predicted octanol–water partition coefficient (Wildman–Crippen LogP) is 1.77. The third-order valence-electron chi connectivity index (χ3n) is 3.32. The zero-order valence-corrected chi connectivity index (χ0v) is 10.6. The molecule has 1 aliphatic rings. The van der Waals surface area contributed by atoms with Crippen LogP contribution in [0.15, 0.2) is 4.52 Å². The van der Waals surface area contributed by atoms with Crippen LogP contribution in [-0.4, -0.2) is 22.9 Å². The molecular weight excluding hydrogens is 218 g/mol. The molecule has 5 nitrogen and oxygen atoms in total. The Balaban J connectivity index is 2.11. The summed E-state index contributed by atoms with van der Waals surface area (Å²) in [5.74, 6) is 1.29. The molecule has 17 heavy (non-hydrogen) atoms. The van der Waals surface area contributed by atoms with Gasteiger partial charge in [0, 0.05) is 13.0 Å². The van der Waals surface area contributed by atoms with E-state index in [2.05, 4.69) is 17.1 Å². The van der Waals surface area contributed by atoms with Crippen molar-refractivity contribution in [2.75, 3.05) is 6.61 Å². The van der Waals surface area contributed by atoms with Crippen LogP contribution in [0, 0.1) is 0 Å². The van der Waals surface area contributed by atoms with Gasteiger partial charge < -0.3 is 15.0 Å². The van der Waals surface area contributed by atoms with Crippen molar-refractivity contribution in [3.05, 3.63) is 11.7 Å². The van der Waals surface area contributed by atoms with Crippen molar-refractivity contribution in [2.45, 2.75) is 57.6 Å². The number of rotatable bonds is 4. The monoisotopic (exact) mass is 239 g/mol. The summed E-state index contributed by atoms with van der Waals surface area (Å²) in [6, 6.07) is 0. The molecule has 1 aromatic rings. The molecule has 1 saturated heterocycles. The molecule has 2 unspecified atom stereocenters. The molecule has 96 valence electrons. The van der Waals surface area contributed by atoms with Crippen molar-refractivity contribution < 1.29 is 9.26 Å². The van der Waals surface area contributed by atoms with Crippen LogP contribution in [0.2, 0.25) is 0 Å². The van der Waals surface area contributed by atoms with E-state index in [4.69, 9.17) is 15.0 Å². The van der Waals surface area contributed by atoms with Crippen LogP contribution in [0.4, 0.5) is 0 Å². The van der Waals surface area contributed by atoms with Gasteiger partial charge in [-0.2, -0.15) is 4.98 Å². The van der Waals surface area contributed by atoms with Crippen LogP contribution >= 0.6 is 0 Å². The van der Waals surface area contributed by atoms with Gasteiger partial charge in [0.05, 0.1) is 11.6 Å². The van der Waals surface area contributed by atoms with Crippen LogP contribution in [0.1, 0.15) is 51.2 Å². The van der Waals surface area contributed by atoms with Gasteiger partial charge in [0.15, 0.2) is 5.82 Å². The van der Waals surface area contributed by atoms with E-state index in [1.807, 2.05) is 6.92 Å². The van der Waals surface area contributed by atoms with Crippen molar-refractivity contribution in [1.82, 2.24) is 10.1 Å². The summed E-state index contributed by atoms with van der Waals surface area (Å²) in [4.78, 5) is 4.36. The van der Waals surface area contributed by atoms with E-state index in [0.717, 1.165) is 32.1 Å². The van der Waals surface area contributed by atoms with E-state index in [9.17, 15) is 0 Å². The van der Waals surface area contributed by atoms with Crippen molar-refractivity contribution in [2.24, 2.45) is 5.73 Å². The van der Waals surface area contributed by atoms with E-state index in [0.29, 0.717) is 18.3 Å². The minimum Gasteiger partial charge on any atom is -0.378 e. The first-order valence-corrected chi connectivity index (χ1v) is 6.41. The molecule has 0 aromatic carbocycles. The highest BCUT2D eigenvalue weighted by Gasteiger charge is 2.38. The Morgan fingerprint density at radius 3 is 2.94 bits per heavy atom. The number of hydrogen-bond donors (Lipinski definition) is 1. The minimum atomic E-state index is -0.477. The molecule has 2 N–H and O–H groups in total. The van der Waals surface area contributed by atoms with Gasteiger partial charge >= 0.3 is 0 Å². The van der Waals surface area contributed by atoms with Gasteiger partial charge in [-0.3, -0.25) is 0 Å². The number of nitrogens with two attached hydrogens (primary N) is 1. The Labute approximate surface area is 102 Å². The van der Waals surface area contributed by atoms with Crippen LogP contribution in [0.25, 0.3) is 0 Å². The van der Waals surface area contributed by atoms with Gasteiger partial charge in [0.2, 0.25) is 5.89 Å². The molecule has 2 rings (SSSR count). The minimum absolute atomic E-state index is 0.224. The lowest BCUT2D eigenvalue weighted by molar-refractivity contribution is -0.0267. The lowest BCUT2D eigenvalue weighted by Gasteiger charge is -2.35. The quantitative estimate of drug-likeness (QED) is 0.866. The lowest BCUT2D eigenvalue weighted by atomic mass is 9.85. The number of aryl methyl sites for hydroxylation is 1. The summed E-state index contributed by atoms with van der Waals surface area (Å²) in [6.45, 7) is 4.82. The average Bonchev–Trinajstić information content (AvgIpc) is 2.79. The zero-order chi connectivity index (χ0) is 12.3. The van der Waals surface area contributed by atoms with Crippen LogP contribution in [0.3, 0.4) is 0 Å². The Bertz CT molecular complexity index is 364. The third kappa shape index (κ3) is 2.66. The van der Waals surface area contributed by atoms with E-state index in [1.165, 1.54) is 0 Å². The molecule has 2 heterocycles. The standard InChI is InChI=1S/C12H21N3O2/c1-3-5-9-8-12(13,6-7-16-9)11-14-10(4-2)17-15-11/h9H,3-8,13H2,1-2H3.